The van der Waals surface area contributed by atoms with E-state index in [1.165, 1.54) is 5.56 Å². The molecule has 1 heterocycles. The predicted molar refractivity (Wildman–Crippen MR) is 87.0 cm³/mol. The highest BCUT2D eigenvalue weighted by Gasteiger charge is 2.09. The number of carbonyl (C=O) groups excluding carboxylic acids is 1. The van der Waals surface area contributed by atoms with Gasteiger partial charge < -0.3 is 16.8 Å². The standard InChI is InChI=1S/C15H14N4OS/c1-8-2-5-12-13(6-8)21-15(19-12)18-9-3-4-11(16)10(7-9)14(17)20/h2-7H,16H2,1H3,(H2,17,20)(H,18,19). The summed E-state index contributed by atoms with van der Waals surface area (Å²) >= 11 is 1.56. The van der Waals surface area contributed by atoms with E-state index in [-0.39, 0.29) is 0 Å². The first-order valence-electron chi connectivity index (χ1n) is 6.36. The third kappa shape index (κ3) is 2.66. The monoisotopic (exact) mass is 298 g/mol. The van der Waals surface area contributed by atoms with Gasteiger partial charge in [0.2, 0.25) is 0 Å². The van der Waals surface area contributed by atoms with Crippen LogP contribution in [0.5, 0.6) is 0 Å². The summed E-state index contributed by atoms with van der Waals surface area (Å²) in [6.07, 6.45) is 0. The smallest absolute Gasteiger partial charge is 0.250 e. The third-order valence-electron chi connectivity index (χ3n) is 3.11. The number of anilines is 3. The summed E-state index contributed by atoms with van der Waals surface area (Å²) < 4.78 is 1.11. The molecule has 0 bridgehead atoms. The molecule has 0 aliphatic heterocycles. The van der Waals surface area contributed by atoms with Gasteiger partial charge in [0.15, 0.2) is 5.13 Å². The Bertz CT molecular complexity index is 841. The van der Waals surface area contributed by atoms with Crippen LogP contribution >= 0.6 is 11.3 Å². The number of primary amides is 1. The molecule has 21 heavy (non-hydrogen) atoms. The fourth-order valence-electron chi connectivity index (χ4n) is 2.06. The van der Waals surface area contributed by atoms with Gasteiger partial charge in [-0.25, -0.2) is 4.98 Å². The van der Waals surface area contributed by atoms with Gasteiger partial charge in [-0.2, -0.15) is 0 Å². The van der Waals surface area contributed by atoms with Crippen molar-refractivity contribution in [2.75, 3.05) is 11.1 Å². The van der Waals surface area contributed by atoms with Crippen molar-refractivity contribution in [2.45, 2.75) is 6.92 Å². The van der Waals surface area contributed by atoms with Crippen LogP contribution in [0, 0.1) is 6.92 Å². The lowest BCUT2D eigenvalue weighted by Gasteiger charge is -2.06. The quantitative estimate of drug-likeness (QED) is 0.648. The highest BCUT2D eigenvalue weighted by molar-refractivity contribution is 7.22. The van der Waals surface area contributed by atoms with E-state index in [4.69, 9.17) is 11.5 Å². The first-order valence-corrected chi connectivity index (χ1v) is 7.18. The van der Waals surface area contributed by atoms with Gasteiger partial charge in [0.05, 0.1) is 15.8 Å². The number of fused-ring (bicyclic) bond motifs is 1. The molecular formula is C15H14N4OS. The van der Waals surface area contributed by atoms with Crippen LogP contribution in [0.4, 0.5) is 16.5 Å². The summed E-state index contributed by atoms with van der Waals surface area (Å²) in [4.78, 5) is 15.8. The molecular weight excluding hydrogens is 284 g/mol. The van der Waals surface area contributed by atoms with E-state index in [1.54, 1.807) is 29.5 Å². The summed E-state index contributed by atoms with van der Waals surface area (Å²) in [6, 6.07) is 11.2. The number of nitrogens with one attached hydrogen (secondary N) is 1. The van der Waals surface area contributed by atoms with Crippen LogP contribution in [0.3, 0.4) is 0 Å². The summed E-state index contributed by atoms with van der Waals surface area (Å²) in [5, 5.41) is 3.94. The molecule has 1 amide bonds. The summed E-state index contributed by atoms with van der Waals surface area (Å²) in [5.74, 6) is -0.545. The second-order valence-corrected chi connectivity index (χ2v) is 5.81. The maximum Gasteiger partial charge on any atom is 0.250 e. The molecule has 1 aromatic heterocycles. The molecule has 3 aromatic rings. The van der Waals surface area contributed by atoms with Crippen LogP contribution in [-0.4, -0.2) is 10.9 Å². The number of hydrogen-bond acceptors (Lipinski definition) is 5. The van der Waals surface area contributed by atoms with E-state index in [0.717, 1.165) is 21.0 Å². The molecule has 6 heteroatoms. The Hall–Kier alpha value is -2.60. The first-order chi connectivity index (χ1) is 10.0. The second-order valence-electron chi connectivity index (χ2n) is 4.78. The van der Waals surface area contributed by atoms with Crippen molar-refractivity contribution < 1.29 is 4.79 Å². The summed E-state index contributed by atoms with van der Waals surface area (Å²) in [5.41, 5.74) is 14.6. The SMILES string of the molecule is Cc1ccc2nc(Nc3ccc(N)c(C(N)=O)c3)sc2c1. The van der Waals surface area contributed by atoms with Crippen molar-refractivity contribution in [3.05, 3.63) is 47.5 Å². The molecule has 5 nitrogen and oxygen atoms in total. The zero-order valence-electron chi connectivity index (χ0n) is 11.4. The van der Waals surface area contributed by atoms with Crippen molar-refractivity contribution in [1.82, 2.24) is 4.98 Å². The van der Waals surface area contributed by atoms with Gasteiger partial charge >= 0.3 is 0 Å². The Kier molecular flexibility index (Phi) is 3.23. The molecule has 3 rings (SSSR count). The third-order valence-corrected chi connectivity index (χ3v) is 4.05. The van der Waals surface area contributed by atoms with E-state index in [0.29, 0.717) is 11.3 Å². The summed E-state index contributed by atoms with van der Waals surface area (Å²) in [7, 11) is 0. The molecule has 0 aliphatic rings. The number of rotatable bonds is 3. The van der Waals surface area contributed by atoms with Gasteiger partial charge in [-0.15, -0.1) is 0 Å². The Balaban J connectivity index is 1.94. The van der Waals surface area contributed by atoms with E-state index >= 15 is 0 Å². The minimum Gasteiger partial charge on any atom is -0.398 e. The summed E-state index contributed by atoms with van der Waals surface area (Å²) in [6.45, 7) is 2.05. The molecule has 0 atom stereocenters. The number of thiazole rings is 1. The molecule has 0 aliphatic carbocycles. The van der Waals surface area contributed by atoms with Crippen LogP contribution < -0.4 is 16.8 Å². The molecule has 0 saturated carbocycles. The Morgan fingerprint density at radius 1 is 1.24 bits per heavy atom. The van der Waals surface area contributed by atoms with Gasteiger partial charge in [-0.3, -0.25) is 4.79 Å². The molecule has 0 spiro atoms. The van der Waals surface area contributed by atoms with Gasteiger partial charge in [0, 0.05) is 11.4 Å². The van der Waals surface area contributed by atoms with Crippen molar-refractivity contribution in [3.63, 3.8) is 0 Å². The number of nitrogens with zero attached hydrogens (tertiary/aromatic N) is 1. The van der Waals surface area contributed by atoms with E-state index in [2.05, 4.69) is 16.4 Å². The number of nitrogens with two attached hydrogens (primary N) is 2. The lowest BCUT2D eigenvalue weighted by Crippen LogP contribution is -2.13. The number of hydrogen-bond donors (Lipinski definition) is 3. The Morgan fingerprint density at radius 3 is 2.81 bits per heavy atom. The largest absolute Gasteiger partial charge is 0.398 e. The van der Waals surface area contributed by atoms with Crippen LogP contribution in [0.1, 0.15) is 15.9 Å². The average molecular weight is 298 g/mol. The molecule has 5 N–H and O–H groups in total. The number of benzene rings is 2. The van der Waals surface area contributed by atoms with Crippen LogP contribution in [-0.2, 0) is 0 Å². The van der Waals surface area contributed by atoms with Crippen molar-refractivity contribution in [3.8, 4) is 0 Å². The van der Waals surface area contributed by atoms with Crippen LogP contribution in [0.2, 0.25) is 0 Å². The normalized spacial score (nSPS) is 10.7. The maximum atomic E-state index is 11.3. The molecule has 0 fully saturated rings. The Morgan fingerprint density at radius 2 is 2.05 bits per heavy atom. The number of nitrogen functional groups attached to an aromatic ring is 1. The maximum absolute atomic E-state index is 11.3. The van der Waals surface area contributed by atoms with Gasteiger partial charge in [0.1, 0.15) is 0 Å². The molecule has 0 saturated heterocycles. The minimum absolute atomic E-state index is 0.303. The first kappa shape index (κ1) is 13.4. The predicted octanol–water partition coefficient (Wildman–Crippen LogP) is 3.03. The number of aromatic nitrogens is 1. The average Bonchev–Trinajstić information content (AvgIpc) is 2.82. The van der Waals surface area contributed by atoms with Crippen LogP contribution in [0.15, 0.2) is 36.4 Å². The molecule has 2 aromatic carbocycles. The lowest BCUT2D eigenvalue weighted by molar-refractivity contribution is 0.100. The number of amides is 1. The molecule has 0 radical (unpaired) electrons. The lowest BCUT2D eigenvalue weighted by atomic mass is 10.1. The number of aryl methyl sites for hydroxylation is 1. The van der Waals surface area contributed by atoms with Gasteiger partial charge in [-0.1, -0.05) is 17.4 Å². The van der Waals surface area contributed by atoms with Gasteiger partial charge in [0.25, 0.3) is 5.91 Å². The highest BCUT2D eigenvalue weighted by atomic mass is 32.1. The zero-order chi connectivity index (χ0) is 15.0. The van der Waals surface area contributed by atoms with Crippen molar-refractivity contribution in [2.24, 2.45) is 5.73 Å². The minimum atomic E-state index is -0.545. The van der Waals surface area contributed by atoms with Crippen molar-refractivity contribution >= 4 is 44.0 Å². The van der Waals surface area contributed by atoms with Gasteiger partial charge in [-0.05, 0) is 42.8 Å². The fraction of sp³-hybridized carbons (Fsp3) is 0.0667. The zero-order valence-corrected chi connectivity index (χ0v) is 12.2. The highest BCUT2D eigenvalue weighted by Crippen LogP contribution is 2.29. The van der Waals surface area contributed by atoms with Crippen molar-refractivity contribution in [1.29, 1.82) is 0 Å². The molecule has 0 unspecified atom stereocenters. The number of carbonyl (C=O) groups is 1. The van der Waals surface area contributed by atoms with Crippen LogP contribution in [0.25, 0.3) is 10.2 Å². The topological polar surface area (TPSA) is 94.0 Å². The van der Waals surface area contributed by atoms with E-state index in [9.17, 15) is 4.79 Å². The molecule has 106 valence electrons. The van der Waals surface area contributed by atoms with E-state index < -0.39 is 5.91 Å². The second kappa shape index (κ2) is 5.06. The fourth-order valence-corrected chi connectivity index (χ4v) is 3.04. The Labute approximate surface area is 125 Å². The van der Waals surface area contributed by atoms with E-state index in [1.807, 2.05) is 19.1 Å².